The van der Waals surface area contributed by atoms with Gasteiger partial charge in [0.2, 0.25) is 0 Å². The highest BCUT2D eigenvalue weighted by molar-refractivity contribution is 5.84. The van der Waals surface area contributed by atoms with E-state index < -0.39 is 5.97 Å². The summed E-state index contributed by atoms with van der Waals surface area (Å²) in [5.41, 5.74) is 0.470. The molecule has 0 saturated heterocycles. The van der Waals surface area contributed by atoms with Crippen LogP contribution in [0.15, 0.2) is 34.9 Å². The zero-order valence-corrected chi connectivity index (χ0v) is 8.47. The summed E-state index contributed by atoms with van der Waals surface area (Å²) in [6.07, 6.45) is 0. The van der Waals surface area contributed by atoms with Crippen LogP contribution in [-0.2, 0) is 0 Å². The lowest BCUT2D eigenvalue weighted by Gasteiger charge is -2.00. The normalized spacial score (nSPS) is 10.1. The minimum atomic E-state index is -1.36. The standard InChI is InChI=1S/C11H9NO4/c1-15-8-4-2-3-7(5-8)10-6-9(11(13)14)12-16-10/h2-6H,1H3,(H,13,14)/p-1. The highest BCUT2D eigenvalue weighted by atomic mass is 16.5. The summed E-state index contributed by atoms with van der Waals surface area (Å²) in [4.78, 5) is 10.5. The second-order valence-corrected chi connectivity index (χ2v) is 3.10. The van der Waals surface area contributed by atoms with Gasteiger partial charge in [0.05, 0.1) is 13.1 Å². The number of carboxylic acids is 1. The van der Waals surface area contributed by atoms with Gasteiger partial charge in [0.25, 0.3) is 0 Å². The Morgan fingerprint density at radius 2 is 2.25 bits per heavy atom. The fourth-order valence-electron chi connectivity index (χ4n) is 1.28. The molecule has 0 radical (unpaired) electrons. The van der Waals surface area contributed by atoms with E-state index in [9.17, 15) is 9.90 Å². The molecule has 0 amide bonds. The maximum Gasteiger partial charge on any atom is 0.167 e. The molecule has 0 aliphatic heterocycles. The van der Waals surface area contributed by atoms with Crippen LogP contribution in [-0.4, -0.2) is 18.2 Å². The van der Waals surface area contributed by atoms with Gasteiger partial charge in [-0.3, -0.25) is 0 Å². The number of aromatic carboxylic acids is 1. The van der Waals surface area contributed by atoms with E-state index >= 15 is 0 Å². The van der Waals surface area contributed by atoms with Crippen molar-refractivity contribution in [2.75, 3.05) is 7.11 Å². The summed E-state index contributed by atoms with van der Waals surface area (Å²) in [6.45, 7) is 0. The molecule has 2 rings (SSSR count). The number of aromatic nitrogens is 1. The number of nitrogens with zero attached hydrogens (tertiary/aromatic N) is 1. The molecule has 0 aliphatic rings. The van der Waals surface area contributed by atoms with Gasteiger partial charge >= 0.3 is 0 Å². The summed E-state index contributed by atoms with van der Waals surface area (Å²) in [5.74, 6) is -0.347. The topological polar surface area (TPSA) is 75.4 Å². The van der Waals surface area contributed by atoms with Crippen LogP contribution >= 0.6 is 0 Å². The van der Waals surface area contributed by atoms with E-state index in [2.05, 4.69) is 5.16 Å². The van der Waals surface area contributed by atoms with Crippen molar-refractivity contribution in [3.63, 3.8) is 0 Å². The quantitative estimate of drug-likeness (QED) is 0.758. The van der Waals surface area contributed by atoms with Crippen molar-refractivity contribution < 1.29 is 19.2 Å². The molecule has 1 heterocycles. The Balaban J connectivity index is 2.38. The minimum Gasteiger partial charge on any atom is -0.543 e. The van der Waals surface area contributed by atoms with Crippen LogP contribution in [0.2, 0.25) is 0 Å². The van der Waals surface area contributed by atoms with Crippen molar-refractivity contribution in [2.24, 2.45) is 0 Å². The van der Waals surface area contributed by atoms with E-state index in [-0.39, 0.29) is 5.69 Å². The molecule has 5 heteroatoms. The largest absolute Gasteiger partial charge is 0.543 e. The number of ether oxygens (including phenoxy) is 1. The van der Waals surface area contributed by atoms with Gasteiger partial charge in [-0.2, -0.15) is 0 Å². The van der Waals surface area contributed by atoms with Crippen LogP contribution in [0.25, 0.3) is 11.3 Å². The van der Waals surface area contributed by atoms with Gasteiger partial charge in [0, 0.05) is 11.6 Å². The fourth-order valence-corrected chi connectivity index (χ4v) is 1.28. The molecule has 0 bridgehead atoms. The van der Waals surface area contributed by atoms with Crippen LogP contribution in [0, 0.1) is 0 Å². The van der Waals surface area contributed by atoms with E-state index in [0.717, 1.165) is 0 Å². The molecule has 2 aromatic rings. The molecule has 0 aliphatic carbocycles. The Morgan fingerprint density at radius 3 is 2.88 bits per heavy atom. The third-order valence-corrected chi connectivity index (χ3v) is 2.07. The lowest BCUT2D eigenvalue weighted by molar-refractivity contribution is -0.255. The first kappa shape index (κ1) is 10.2. The van der Waals surface area contributed by atoms with E-state index in [0.29, 0.717) is 17.1 Å². The molecule has 0 atom stereocenters. The van der Waals surface area contributed by atoms with Crippen molar-refractivity contribution in [3.8, 4) is 17.1 Å². The second-order valence-electron chi connectivity index (χ2n) is 3.10. The summed E-state index contributed by atoms with van der Waals surface area (Å²) >= 11 is 0. The third-order valence-electron chi connectivity index (χ3n) is 2.07. The van der Waals surface area contributed by atoms with E-state index in [1.54, 1.807) is 31.4 Å². The Morgan fingerprint density at radius 1 is 1.44 bits per heavy atom. The third kappa shape index (κ3) is 1.88. The number of carboxylic acid groups (broad SMARTS) is 1. The molecular weight excluding hydrogens is 210 g/mol. The lowest BCUT2D eigenvalue weighted by Crippen LogP contribution is -2.22. The number of hydrogen-bond donors (Lipinski definition) is 0. The first-order valence-corrected chi connectivity index (χ1v) is 4.53. The first-order valence-electron chi connectivity index (χ1n) is 4.53. The van der Waals surface area contributed by atoms with Gasteiger partial charge in [0.1, 0.15) is 11.4 Å². The fraction of sp³-hybridized carbons (Fsp3) is 0.0909. The van der Waals surface area contributed by atoms with Crippen molar-refractivity contribution in [1.82, 2.24) is 5.16 Å². The van der Waals surface area contributed by atoms with Gasteiger partial charge in [0.15, 0.2) is 5.76 Å². The predicted octanol–water partition coefficient (Wildman–Crippen LogP) is 0.714. The van der Waals surface area contributed by atoms with Crippen molar-refractivity contribution in [3.05, 3.63) is 36.0 Å². The number of rotatable bonds is 3. The number of carbonyl (C=O) groups is 1. The predicted molar refractivity (Wildman–Crippen MR) is 52.8 cm³/mol. The lowest BCUT2D eigenvalue weighted by atomic mass is 10.1. The maximum absolute atomic E-state index is 10.5. The number of methoxy groups -OCH3 is 1. The summed E-state index contributed by atoms with van der Waals surface area (Å²) in [5, 5.41) is 13.9. The van der Waals surface area contributed by atoms with Crippen LogP contribution in [0.4, 0.5) is 0 Å². The zero-order chi connectivity index (χ0) is 11.5. The van der Waals surface area contributed by atoms with Crippen LogP contribution in [0.1, 0.15) is 10.5 Å². The Hall–Kier alpha value is -2.30. The highest BCUT2D eigenvalue weighted by Gasteiger charge is 2.07. The average Bonchev–Trinajstić information content (AvgIpc) is 2.78. The van der Waals surface area contributed by atoms with Gasteiger partial charge in [-0.15, -0.1) is 0 Å². The zero-order valence-electron chi connectivity index (χ0n) is 8.47. The first-order chi connectivity index (χ1) is 7.70. The van der Waals surface area contributed by atoms with Crippen molar-refractivity contribution in [2.45, 2.75) is 0 Å². The van der Waals surface area contributed by atoms with Gasteiger partial charge < -0.3 is 19.2 Å². The molecule has 5 nitrogen and oxygen atoms in total. The van der Waals surface area contributed by atoms with E-state index in [4.69, 9.17) is 9.26 Å². The number of benzene rings is 1. The number of carbonyl (C=O) groups excluding carboxylic acids is 1. The van der Waals surface area contributed by atoms with Crippen LogP contribution < -0.4 is 9.84 Å². The van der Waals surface area contributed by atoms with Crippen molar-refractivity contribution >= 4 is 5.97 Å². The van der Waals surface area contributed by atoms with E-state index in [1.807, 2.05) is 0 Å². The van der Waals surface area contributed by atoms with Gasteiger partial charge in [-0.1, -0.05) is 17.3 Å². The Labute approximate surface area is 91.3 Å². The molecule has 0 N–H and O–H groups in total. The van der Waals surface area contributed by atoms with Gasteiger partial charge in [-0.05, 0) is 12.1 Å². The average molecular weight is 218 g/mol. The molecule has 1 aromatic heterocycles. The summed E-state index contributed by atoms with van der Waals surface area (Å²) in [6, 6.07) is 8.35. The Kier molecular flexibility index (Phi) is 2.59. The molecule has 0 saturated carbocycles. The molecule has 1 aromatic carbocycles. The molecule has 0 fully saturated rings. The molecule has 82 valence electrons. The van der Waals surface area contributed by atoms with Crippen LogP contribution in [0.5, 0.6) is 5.75 Å². The highest BCUT2D eigenvalue weighted by Crippen LogP contribution is 2.24. The van der Waals surface area contributed by atoms with Crippen LogP contribution in [0.3, 0.4) is 0 Å². The molecule has 0 spiro atoms. The summed E-state index contributed by atoms with van der Waals surface area (Å²) < 4.78 is 9.92. The SMILES string of the molecule is COc1cccc(-c2cc(C(=O)[O-])no2)c1. The smallest absolute Gasteiger partial charge is 0.167 e. The van der Waals surface area contributed by atoms with E-state index in [1.165, 1.54) is 6.07 Å². The molecule has 16 heavy (non-hydrogen) atoms. The molecular formula is C11H8NO4-. The maximum atomic E-state index is 10.5. The molecule has 0 unspecified atom stereocenters. The monoisotopic (exact) mass is 218 g/mol. The second kappa shape index (κ2) is 4.06. The Bertz CT molecular complexity index is 518. The minimum absolute atomic E-state index is 0.224. The number of hydrogen-bond acceptors (Lipinski definition) is 5. The van der Waals surface area contributed by atoms with Gasteiger partial charge in [-0.25, -0.2) is 0 Å². The van der Waals surface area contributed by atoms with Crippen molar-refractivity contribution in [1.29, 1.82) is 0 Å². The summed E-state index contributed by atoms with van der Waals surface area (Å²) in [7, 11) is 1.55.